The van der Waals surface area contributed by atoms with E-state index in [1.165, 1.54) is 18.5 Å². The highest BCUT2D eigenvalue weighted by molar-refractivity contribution is 9.08. The summed E-state index contributed by atoms with van der Waals surface area (Å²) in [6.45, 7) is 7.48. The van der Waals surface area contributed by atoms with Crippen LogP contribution >= 0.6 is 39.3 Å². The number of fused-ring (bicyclic) bond motifs is 3. The van der Waals surface area contributed by atoms with Crippen molar-refractivity contribution >= 4 is 66.9 Å². The van der Waals surface area contributed by atoms with E-state index in [9.17, 15) is 4.79 Å². The second-order valence-corrected chi connectivity index (χ2v) is 14.6. The second-order valence-electron chi connectivity index (χ2n) is 12.6. The molecule has 0 spiro atoms. The van der Waals surface area contributed by atoms with Crippen molar-refractivity contribution in [3.8, 4) is 16.9 Å². The number of carbonyl (C=O) groups excluding carboxylic acids is 1. The lowest BCUT2D eigenvalue weighted by molar-refractivity contribution is 0.0589. The molecular weight excluding hydrogens is 746 g/mol. The lowest BCUT2D eigenvalue weighted by atomic mass is 9.97. The summed E-state index contributed by atoms with van der Waals surface area (Å²) in [6.07, 6.45) is 3.34. The number of hydrogen-bond donors (Lipinski definition) is 0. The Morgan fingerprint density at radius 1 is 1.02 bits per heavy atom. The van der Waals surface area contributed by atoms with E-state index < -0.39 is 0 Å². The highest BCUT2D eigenvalue weighted by atomic mass is 79.9. The van der Waals surface area contributed by atoms with Gasteiger partial charge in [-0.2, -0.15) is 10.2 Å². The number of nitrogens with zero attached hydrogens (tertiary/aromatic N) is 5. The Kier molecular flexibility index (Phi) is 11.8. The van der Waals surface area contributed by atoms with Crippen LogP contribution in [0, 0.1) is 6.92 Å². The number of benzene rings is 3. The number of aryl methyl sites for hydroxylation is 5. The molecule has 3 aromatic carbocycles. The predicted octanol–water partition coefficient (Wildman–Crippen LogP) is 9.99. The van der Waals surface area contributed by atoms with E-state index in [1.807, 2.05) is 73.2 Å². The Labute approximate surface area is 317 Å². The molecule has 0 fully saturated rings. The van der Waals surface area contributed by atoms with Gasteiger partial charge in [-0.15, -0.1) is 11.8 Å². The highest BCUT2D eigenvalue weighted by Crippen LogP contribution is 2.44. The van der Waals surface area contributed by atoms with Gasteiger partial charge >= 0.3 is 5.97 Å². The zero-order chi connectivity index (χ0) is 36.2. The molecule has 0 N–H and O–H groups in total. The molecular formula is C40H45BrClN5O3S. The Morgan fingerprint density at radius 2 is 1.82 bits per heavy atom. The molecule has 0 unspecified atom stereocenters. The molecule has 1 aliphatic rings. The van der Waals surface area contributed by atoms with Gasteiger partial charge in [0.2, 0.25) is 0 Å². The van der Waals surface area contributed by atoms with Crippen LogP contribution in [0.3, 0.4) is 0 Å². The third kappa shape index (κ3) is 7.32. The fourth-order valence-electron chi connectivity index (χ4n) is 7.22. The normalized spacial score (nSPS) is 12.3. The summed E-state index contributed by atoms with van der Waals surface area (Å²) in [5.74, 6) is 2.06. The summed E-state index contributed by atoms with van der Waals surface area (Å²) >= 11 is 12.5. The maximum Gasteiger partial charge on any atom is 0.354 e. The summed E-state index contributed by atoms with van der Waals surface area (Å²) in [6, 6.07) is 18.7. The average molecular weight is 791 g/mol. The van der Waals surface area contributed by atoms with Crippen molar-refractivity contribution in [1.82, 2.24) is 24.1 Å². The molecule has 3 aromatic heterocycles. The number of methoxy groups -OCH3 is 1. The van der Waals surface area contributed by atoms with Crippen LogP contribution in [-0.2, 0) is 55.1 Å². The largest absolute Gasteiger partial charge is 0.493 e. The molecule has 268 valence electrons. The van der Waals surface area contributed by atoms with E-state index in [0.717, 1.165) is 104 Å². The number of rotatable bonds is 12. The zero-order valence-corrected chi connectivity index (χ0v) is 33.3. The monoisotopic (exact) mass is 789 g/mol. The first kappa shape index (κ1) is 37.0. The van der Waals surface area contributed by atoms with Gasteiger partial charge in [0.05, 0.1) is 35.6 Å². The fourth-order valence-corrected chi connectivity index (χ4v) is 8.72. The van der Waals surface area contributed by atoms with Crippen LogP contribution < -0.4 is 4.74 Å². The summed E-state index contributed by atoms with van der Waals surface area (Å²) in [5.41, 5.74) is 10.00. The fraction of sp³-hybridized carbons (Fsp3) is 0.375. The van der Waals surface area contributed by atoms with E-state index in [4.69, 9.17) is 26.2 Å². The number of ether oxygens (including phenoxy) is 2. The second kappa shape index (κ2) is 16.3. The van der Waals surface area contributed by atoms with Crippen LogP contribution in [0.15, 0.2) is 54.6 Å². The van der Waals surface area contributed by atoms with Crippen LogP contribution in [-0.4, -0.2) is 43.8 Å². The summed E-state index contributed by atoms with van der Waals surface area (Å²) < 4.78 is 17.8. The van der Waals surface area contributed by atoms with Crippen LogP contribution in [0.2, 0.25) is 5.02 Å². The highest BCUT2D eigenvalue weighted by Gasteiger charge is 2.30. The quantitative estimate of drug-likeness (QED) is 0.0698. The van der Waals surface area contributed by atoms with E-state index in [0.29, 0.717) is 23.7 Å². The number of aromatic nitrogens is 5. The van der Waals surface area contributed by atoms with Gasteiger partial charge in [-0.05, 0) is 67.3 Å². The smallest absolute Gasteiger partial charge is 0.354 e. The number of hydrogen-bond acceptors (Lipinski definition) is 6. The minimum Gasteiger partial charge on any atom is -0.493 e. The summed E-state index contributed by atoms with van der Waals surface area (Å²) in [7, 11) is 5.36. The van der Waals surface area contributed by atoms with Crippen molar-refractivity contribution in [3.05, 3.63) is 99.2 Å². The van der Waals surface area contributed by atoms with Gasteiger partial charge < -0.3 is 14.0 Å². The molecule has 6 aromatic rings. The van der Waals surface area contributed by atoms with Gasteiger partial charge in [0.15, 0.2) is 0 Å². The maximum atomic E-state index is 13.4. The van der Waals surface area contributed by atoms with Gasteiger partial charge in [-0.3, -0.25) is 9.36 Å². The molecule has 4 heterocycles. The Bertz CT molecular complexity index is 2200. The Balaban J connectivity index is 0.00000220. The van der Waals surface area contributed by atoms with E-state index in [2.05, 4.69) is 63.0 Å². The maximum absolute atomic E-state index is 13.4. The van der Waals surface area contributed by atoms with Crippen LogP contribution in [0.4, 0.5) is 0 Å². The Morgan fingerprint density at radius 3 is 2.59 bits per heavy atom. The number of esters is 1. The minimum atomic E-state index is -0.364. The number of carbonyl (C=O) groups is 1. The molecule has 8 nitrogen and oxygen atoms in total. The third-order valence-electron chi connectivity index (χ3n) is 9.40. The first-order valence-electron chi connectivity index (χ1n) is 17.5. The molecule has 51 heavy (non-hydrogen) atoms. The van der Waals surface area contributed by atoms with Crippen LogP contribution in [0.5, 0.6) is 5.75 Å². The van der Waals surface area contributed by atoms with Gasteiger partial charge in [0, 0.05) is 70.8 Å². The zero-order valence-electron chi connectivity index (χ0n) is 30.2. The van der Waals surface area contributed by atoms with E-state index >= 15 is 0 Å². The van der Waals surface area contributed by atoms with Crippen molar-refractivity contribution < 1.29 is 14.3 Å². The van der Waals surface area contributed by atoms with Gasteiger partial charge in [-0.1, -0.05) is 77.8 Å². The molecule has 7 rings (SSSR count). The van der Waals surface area contributed by atoms with Crippen molar-refractivity contribution in [3.63, 3.8) is 0 Å². The lowest BCUT2D eigenvalue weighted by Gasteiger charge is -2.12. The van der Waals surface area contributed by atoms with Gasteiger partial charge in [0.25, 0.3) is 0 Å². The molecule has 0 saturated heterocycles. The van der Waals surface area contributed by atoms with Crippen molar-refractivity contribution in [2.24, 2.45) is 14.1 Å². The van der Waals surface area contributed by atoms with Crippen molar-refractivity contribution in [2.45, 2.75) is 69.8 Å². The number of thioether (sulfide) groups is 1. The topological polar surface area (TPSA) is 76.1 Å². The molecule has 0 bridgehead atoms. The molecule has 0 atom stereocenters. The van der Waals surface area contributed by atoms with Crippen LogP contribution in [0.25, 0.3) is 32.8 Å². The van der Waals surface area contributed by atoms with Crippen molar-refractivity contribution in [1.29, 1.82) is 0 Å². The first-order valence-corrected chi connectivity index (χ1v) is 20.2. The lowest BCUT2D eigenvalue weighted by Crippen LogP contribution is -2.11. The van der Waals surface area contributed by atoms with E-state index in [-0.39, 0.29) is 5.97 Å². The first-order chi connectivity index (χ1) is 24.8. The van der Waals surface area contributed by atoms with Gasteiger partial charge in [-0.25, -0.2) is 4.79 Å². The average Bonchev–Trinajstić information content (AvgIpc) is 3.89. The minimum absolute atomic E-state index is 0.364. The molecule has 0 amide bonds. The Hall–Kier alpha value is -3.73. The van der Waals surface area contributed by atoms with Crippen LogP contribution in [0.1, 0.15) is 71.1 Å². The summed E-state index contributed by atoms with van der Waals surface area (Å²) in [4.78, 5) is 13.4. The van der Waals surface area contributed by atoms with Gasteiger partial charge in [0.1, 0.15) is 11.4 Å². The number of alkyl halides is 1. The summed E-state index contributed by atoms with van der Waals surface area (Å²) in [5, 5.41) is 14.3. The van der Waals surface area contributed by atoms with Crippen molar-refractivity contribution in [2.75, 3.05) is 13.7 Å². The number of halogens is 2. The molecule has 0 radical (unpaired) electrons. The van der Waals surface area contributed by atoms with E-state index in [1.54, 1.807) is 0 Å². The third-order valence-corrected chi connectivity index (χ3v) is 11.3. The predicted molar refractivity (Wildman–Crippen MR) is 213 cm³/mol. The standard InChI is InChI=1S/C38H39BrClN5O3S.C2H6/c1-23-17-24-9-5-6-10-27(24)33(18-23)48-16-8-11-28-29-13-14-30(40)34(36(29)43(2)37(28)38(46)47-4)35-31(42-45-15-7-12-32(35)45)22-49-21-26-19-25(20-39)41-44(26)3;1-2/h5-6,9-10,13-14,17-19H,7-8,11-12,15-16,20-22H2,1-4H3;1-2H3. The SMILES string of the molecule is CC.COC(=O)c1c(CCCOc2cc(C)cc3ccccc23)c2ccc(Cl)c(-c3c(CSCc4cc(CBr)nn4C)nn4c3CCC4)c2n1C. The molecule has 0 aliphatic carbocycles. The molecule has 11 heteroatoms. The molecule has 0 saturated carbocycles. The molecule has 1 aliphatic heterocycles.